The highest BCUT2D eigenvalue weighted by Crippen LogP contribution is 2.08. The number of hydrogen-bond acceptors (Lipinski definition) is 3. The lowest BCUT2D eigenvalue weighted by molar-refractivity contribution is 0.286. The Bertz CT molecular complexity index is 315. The van der Waals surface area contributed by atoms with E-state index >= 15 is 0 Å². The number of nitrogens with zero attached hydrogens (tertiary/aromatic N) is 3. The molecule has 0 spiro atoms. The number of aryl methyl sites for hydroxylation is 1. The first-order valence-corrected chi connectivity index (χ1v) is 6.20. The molecule has 4 nitrogen and oxygen atoms in total. The highest BCUT2D eigenvalue weighted by Gasteiger charge is 2.16. The van der Waals surface area contributed by atoms with Crippen LogP contribution in [0.4, 0.5) is 0 Å². The van der Waals surface area contributed by atoms with Gasteiger partial charge in [0, 0.05) is 31.9 Å². The van der Waals surface area contributed by atoms with Crippen molar-refractivity contribution in [2.24, 2.45) is 0 Å². The zero-order chi connectivity index (χ0) is 11.4. The summed E-state index contributed by atoms with van der Waals surface area (Å²) < 4.78 is 2.21. The van der Waals surface area contributed by atoms with Crippen molar-refractivity contribution in [2.45, 2.75) is 38.9 Å². The second-order valence-electron chi connectivity index (χ2n) is 4.66. The lowest BCUT2D eigenvalue weighted by Gasteiger charge is -2.21. The summed E-state index contributed by atoms with van der Waals surface area (Å²) in [6, 6.07) is 0.683. The molecule has 0 saturated carbocycles. The smallest absolute Gasteiger partial charge is 0.0948 e. The molecule has 1 N–H and O–H groups in total. The van der Waals surface area contributed by atoms with E-state index in [-0.39, 0.29) is 0 Å². The van der Waals surface area contributed by atoms with Crippen LogP contribution in [0.5, 0.6) is 0 Å². The molecule has 0 radical (unpaired) electrons. The van der Waals surface area contributed by atoms with Gasteiger partial charge in [0.2, 0.25) is 0 Å². The monoisotopic (exact) mass is 222 g/mol. The van der Waals surface area contributed by atoms with Crippen LogP contribution >= 0.6 is 0 Å². The predicted octanol–water partition coefficient (Wildman–Crippen LogP) is 1.09. The van der Waals surface area contributed by atoms with E-state index in [1.165, 1.54) is 25.1 Å². The molecule has 0 amide bonds. The van der Waals surface area contributed by atoms with Crippen LogP contribution in [-0.2, 0) is 13.1 Å². The van der Waals surface area contributed by atoms with Crippen LogP contribution in [0.15, 0.2) is 12.5 Å². The van der Waals surface area contributed by atoms with Crippen LogP contribution in [0.1, 0.15) is 25.5 Å². The van der Waals surface area contributed by atoms with Crippen molar-refractivity contribution in [2.75, 3.05) is 20.1 Å². The first-order chi connectivity index (χ1) is 7.79. The topological polar surface area (TPSA) is 33.1 Å². The Morgan fingerprint density at radius 1 is 1.62 bits per heavy atom. The van der Waals surface area contributed by atoms with Gasteiger partial charge in [0.1, 0.15) is 0 Å². The van der Waals surface area contributed by atoms with Crippen molar-refractivity contribution in [3.05, 3.63) is 18.2 Å². The normalized spacial score (nSPS) is 20.8. The van der Waals surface area contributed by atoms with E-state index in [4.69, 9.17) is 0 Å². The minimum Gasteiger partial charge on any atom is -0.334 e. The maximum absolute atomic E-state index is 4.20. The Kier molecular flexibility index (Phi) is 3.96. The minimum atomic E-state index is 0.683. The summed E-state index contributed by atoms with van der Waals surface area (Å²) in [5, 5.41) is 3.53. The number of nitrogens with one attached hydrogen (secondary N) is 1. The average Bonchev–Trinajstić information content (AvgIpc) is 2.88. The van der Waals surface area contributed by atoms with Gasteiger partial charge in [0.05, 0.1) is 12.0 Å². The fraction of sp³-hybridized carbons (Fsp3) is 0.750. The van der Waals surface area contributed by atoms with Gasteiger partial charge in [0.25, 0.3) is 0 Å². The molecule has 1 aromatic rings. The van der Waals surface area contributed by atoms with E-state index in [1.807, 2.05) is 12.5 Å². The van der Waals surface area contributed by atoms with Gasteiger partial charge in [0.15, 0.2) is 0 Å². The summed E-state index contributed by atoms with van der Waals surface area (Å²) in [7, 11) is 2.19. The quantitative estimate of drug-likeness (QED) is 0.809. The van der Waals surface area contributed by atoms with Crippen molar-refractivity contribution in [3.63, 3.8) is 0 Å². The van der Waals surface area contributed by atoms with E-state index in [0.29, 0.717) is 6.04 Å². The van der Waals surface area contributed by atoms with E-state index in [0.717, 1.165) is 19.6 Å². The van der Waals surface area contributed by atoms with Crippen LogP contribution in [0.3, 0.4) is 0 Å². The summed E-state index contributed by atoms with van der Waals surface area (Å²) >= 11 is 0. The molecular weight excluding hydrogens is 200 g/mol. The third-order valence-corrected chi connectivity index (χ3v) is 3.27. The zero-order valence-corrected chi connectivity index (χ0v) is 10.3. The zero-order valence-electron chi connectivity index (χ0n) is 10.3. The Morgan fingerprint density at radius 2 is 2.50 bits per heavy atom. The van der Waals surface area contributed by atoms with Crippen LogP contribution in [0.2, 0.25) is 0 Å². The molecule has 0 bridgehead atoms. The summed E-state index contributed by atoms with van der Waals surface area (Å²) in [6.45, 7) is 6.47. The third kappa shape index (κ3) is 2.83. The molecule has 0 aromatic carbocycles. The highest BCUT2D eigenvalue weighted by molar-refractivity contribution is 4.98. The molecule has 1 aromatic heterocycles. The van der Waals surface area contributed by atoms with Gasteiger partial charge in [-0.15, -0.1) is 0 Å². The van der Waals surface area contributed by atoms with Gasteiger partial charge in [-0.25, -0.2) is 4.98 Å². The van der Waals surface area contributed by atoms with Gasteiger partial charge in [-0.05, 0) is 33.4 Å². The van der Waals surface area contributed by atoms with E-state index in [9.17, 15) is 0 Å². The Hall–Kier alpha value is -0.870. The number of rotatable bonds is 5. The summed E-state index contributed by atoms with van der Waals surface area (Å²) in [5.74, 6) is 0. The standard InChI is InChI=1S/C12H22N4/c1-3-16-10-13-7-12(16)9-15(2)8-11-5-4-6-14-11/h7,10-11,14H,3-6,8-9H2,1-2H3. The molecule has 16 heavy (non-hydrogen) atoms. The van der Waals surface area contributed by atoms with Gasteiger partial charge < -0.3 is 9.88 Å². The lowest BCUT2D eigenvalue weighted by atomic mass is 10.2. The number of hydrogen-bond donors (Lipinski definition) is 1. The molecule has 1 aliphatic rings. The van der Waals surface area contributed by atoms with Gasteiger partial charge >= 0.3 is 0 Å². The van der Waals surface area contributed by atoms with Gasteiger partial charge in [-0.1, -0.05) is 0 Å². The fourth-order valence-electron chi connectivity index (χ4n) is 2.39. The highest BCUT2D eigenvalue weighted by atomic mass is 15.2. The molecular formula is C12H22N4. The minimum absolute atomic E-state index is 0.683. The number of likely N-dealkylation sites (N-methyl/N-ethyl adjacent to an activating group) is 1. The van der Waals surface area contributed by atoms with Crippen molar-refractivity contribution >= 4 is 0 Å². The maximum atomic E-state index is 4.20. The molecule has 1 unspecified atom stereocenters. The first-order valence-electron chi connectivity index (χ1n) is 6.20. The van der Waals surface area contributed by atoms with E-state index in [1.54, 1.807) is 0 Å². The molecule has 1 aliphatic heterocycles. The van der Waals surface area contributed by atoms with E-state index in [2.05, 4.69) is 33.7 Å². The average molecular weight is 222 g/mol. The third-order valence-electron chi connectivity index (χ3n) is 3.27. The fourth-order valence-corrected chi connectivity index (χ4v) is 2.39. The second-order valence-corrected chi connectivity index (χ2v) is 4.66. The number of aromatic nitrogens is 2. The predicted molar refractivity (Wildman–Crippen MR) is 65.3 cm³/mol. The molecule has 0 aliphatic carbocycles. The van der Waals surface area contributed by atoms with Crippen LogP contribution in [-0.4, -0.2) is 40.6 Å². The molecule has 1 saturated heterocycles. The maximum Gasteiger partial charge on any atom is 0.0948 e. The SMILES string of the molecule is CCn1cncc1CN(C)CC1CCCN1. The molecule has 90 valence electrons. The van der Waals surface area contributed by atoms with Crippen LogP contribution < -0.4 is 5.32 Å². The summed E-state index contributed by atoms with van der Waals surface area (Å²) in [4.78, 5) is 6.58. The van der Waals surface area contributed by atoms with Gasteiger partial charge in [-0.2, -0.15) is 0 Å². The molecule has 2 heterocycles. The van der Waals surface area contributed by atoms with Crippen molar-refractivity contribution < 1.29 is 0 Å². The van der Waals surface area contributed by atoms with Crippen molar-refractivity contribution in [3.8, 4) is 0 Å². The Labute approximate surface area is 97.7 Å². The Morgan fingerprint density at radius 3 is 3.19 bits per heavy atom. The molecule has 1 atom stereocenters. The van der Waals surface area contributed by atoms with Crippen LogP contribution in [0.25, 0.3) is 0 Å². The first kappa shape index (κ1) is 11.6. The number of imidazole rings is 1. The van der Waals surface area contributed by atoms with Crippen molar-refractivity contribution in [1.29, 1.82) is 0 Å². The summed E-state index contributed by atoms with van der Waals surface area (Å²) in [6.07, 6.45) is 6.53. The van der Waals surface area contributed by atoms with E-state index < -0.39 is 0 Å². The molecule has 4 heteroatoms. The molecule has 1 fully saturated rings. The summed E-state index contributed by atoms with van der Waals surface area (Å²) in [5.41, 5.74) is 1.31. The Balaban J connectivity index is 1.84. The largest absolute Gasteiger partial charge is 0.334 e. The lowest BCUT2D eigenvalue weighted by Crippen LogP contribution is -2.35. The second kappa shape index (κ2) is 5.46. The molecule has 2 rings (SSSR count). The van der Waals surface area contributed by atoms with Gasteiger partial charge in [-0.3, -0.25) is 4.90 Å². The van der Waals surface area contributed by atoms with Crippen molar-refractivity contribution in [1.82, 2.24) is 19.8 Å². The van der Waals surface area contributed by atoms with Crippen LogP contribution in [0, 0.1) is 0 Å².